The van der Waals surface area contributed by atoms with Crippen molar-refractivity contribution in [1.29, 1.82) is 0 Å². The summed E-state index contributed by atoms with van der Waals surface area (Å²) in [7, 11) is 1.53. The fourth-order valence-electron chi connectivity index (χ4n) is 2.50. The molecule has 0 spiro atoms. The van der Waals surface area contributed by atoms with Gasteiger partial charge in [-0.3, -0.25) is 4.79 Å². The molecule has 0 saturated heterocycles. The average molecular weight is 348 g/mol. The van der Waals surface area contributed by atoms with Crippen molar-refractivity contribution >= 4 is 11.7 Å². The smallest absolute Gasteiger partial charge is 0.273 e. The molecule has 0 atom stereocenters. The molecule has 26 heavy (non-hydrogen) atoms. The lowest BCUT2D eigenvalue weighted by Crippen LogP contribution is -2.21. The van der Waals surface area contributed by atoms with Crippen LogP contribution in [0.1, 0.15) is 21.6 Å². The van der Waals surface area contributed by atoms with E-state index in [1.165, 1.54) is 7.05 Å². The second-order valence-corrected chi connectivity index (χ2v) is 5.75. The number of anilines is 1. The van der Waals surface area contributed by atoms with E-state index in [0.717, 1.165) is 16.7 Å². The normalized spacial score (nSPS) is 10.5. The summed E-state index contributed by atoms with van der Waals surface area (Å²) in [5.74, 6) is -0.255. The Kier molecular flexibility index (Phi) is 5.56. The van der Waals surface area contributed by atoms with Crippen LogP contribution in [0.2, 0.25) is 0 Å². The van der Waals surface area contributed by atoms with E-state index in [2.05, 4.69) is 15.3 Å². The molecule has 2 aromatic carbocycles. The van der Waals surface area contributed by atoms with E-state index in [1.807, 2.05) is 54.6 Å². The standard InChI is InChI=1S/C20H20N4O2/c1-22-20(25)18-19(21)23-11-17(24-18)16-9-5-8-15(10-16)13-26-12-14-6-3-2-4-7-14/h2-11H,12-13H2,1H3,(H2,21,23)(H,22,25). The first-order valence-corrected chi connectivity index (χ1v) is 8.23. The molecule has 0 aliphatic rings. The van der Waals surface area contributed by atoms with Crippen LogP contribution in [0.15, 0.2) is 60.8 Å². The third-order valence-corrected chi connectivity index (χ3v) is 3.85. The predicted molar refractivity (Wildman–Crippen MR) is 100 cm³/mol. The van der Waals surface area contributed by atoms with Gasteiger partial charge in [-0.15, -0.1) is 0 Å². The zero-order valence-electron chi connectivity index (χ0n) is 14.5. The van der Waals surface area contributed by atoms with Gasteiger partial charge in [0.15, 0.2) is 11.5 Å². The number of carbonyl (C=O) groups is 1. The summed E-state index contributed by atoms with van der Waals surface area (Å²) in [5, 5.41) is 2.51. The molecule has 0 saturated carbocycles. The molecular weight excluding hydrogens is 328 g/mol. The molecule has 6 nitrogen and oxygen atoms in total. The topological polar surface area (TPSA) is 90.1 Å². The van der Waals surface area contributed by atoms with Crippen LogP contribution in [-0.4, -0.2) is 22.9 Å². The van der Waals surface area contributed by atoms with Crippen molar-refractivity contribution < 1.29 is 9.53 Å². The Bertz CT molecular complexity index is 897. The van der Waals surface area contributed by atoms with Crippen molar-refractivity contribution in [3.63, 3.8) is 0 Å². The van der Waals surface area contributed by atoms with Crippen LogP contribution in [0.25, 0.3) is 11.3 Å². The van der Waals surface area contributed by atoms with Gasteiger partial charge in [0.2, 0.25) is 0 Å². The molecule has 0 aliphatic carbocycles. The van der Waals surface area contributed by atoms with Crippen LogP contribution in [0.3, 0.4) is 0 Å². The summed E-state index contributed by atoms with van der Waals surface area (Å²) in [6, 6.07) is 17.8. The second kappa shape index (κ2) is 8.22. The summed E-state index contributed by atoms with van der Waals surface area (Å²) in [6.45, 7) is 1.03. The number of hydrogen-bond acceptors (Lipinski definition) is 5. The highest BCUT2D eigenvalue weighted by Crippen LogP contribution is 2.20. The number of rotatable bonds is 6. The molecule has 3 N–H and O–H groups in total. The molecule has 0 aliphatic heterocycles. The molecule has 1 heterocycles. The summed E-state index contributed by atoms with van der Waals surface area (Å²) in [6.07, 6.45) is 1.56. The summed E-state index contributed by atoms with van der Waals surface area (Å²) < 4.78 is 5.77. The molecule has 132 valence electrons. The molecule has 1 aromatic heterocycles. The highest BCUT2D eigenvalue weighted by atomic mass is 16.5. The van der Waals surface area contributed by atoms with Gasteiger partial charge in [0, 0.05) is 12.6 Å². The SMILES string of the molecule is CNC(=O)c1nc(-c2cccc(COCc3ccccc3)c2)cnc1N. The van der Waals surface area contributed by atoms with E-state index in [4.69, 9.17) is 10.5 Å². The molecule has 0 bridgehead atoms. The minimum absolute atomic E-state index is 0.107. The van der Waals surface area contributed by atoms with Crippen molar-refractivity contribution in [2.75, 3.05) is 12.8 Å². The van der Waals surface area contributed by atoms with Crippen LogP contribution in [0.5, 0.6) is 0 Å². The lowest BCUT2D eigenvalue weighted by molar-refractivity contribution is 0.0959. The van der Waals surface area contributed by atoms with Gasteiger partial charge in [0.25, 0.3) is 5.91 Å². The second-order valence-electron chi connectivity index (χ2n) is 5.75. The van der Waals surface area contributed by atoms with E-state index in [9.17, 15) is 4.79 Å². The van der Waals surface area contributed by atoms with Crippen LogP contribution in [-0.2, 0) is 18.0 Å². The zero-order chi connectivity index (χ0) is 18.4. The number of nitrogen functional groups attached to an aromatic ring is 1. The van der Waals surface area contributed by atoms with Crippen molar-refractivity contribution in [2.24, 2.45) is 0 Å². The molecule has 0 fully saturated rings. The van der Waals surface area contributed by atoms with Crippen molar-refractivity contribution in [2.45, 2.75) is 13.2 Å². The first-order valence-electron chi connectivity index (χ1n) is 8.23. The van der Waals surface area contributed by atoms with Crippen LogP contribution < -0.4 is 11.1 Å². The highest BCUT2D eigenvalue weighted by Gasteiger charge is 2.13. The van der Waals surface area contributed by atoms with Gasteiger partial charge in [-0.05, 0) is 17.2 Å². The number of amides is 1. The minimum atomic E-state index is -0.362. The maximum Gasteiger partial charge on any atom is 0.273 e. The predicted octanol–water partition coefficient (Wildman–Crippen LogP) is 2.80. The number of nitrogens with one attached hydrogen (secondary N) is 1. The molecule has 3 rings (SSSR count). The number of nitrogens with zero attached hydrogens (tertiary/aromatic N) is 2. The quantitative estimate of drug-likeness (QED) is 0.715. The van der Waals surface area contributed by atoms with Gasteiger partial charge < -0.3 is 15.8 Å². The first kappa shape index (κ1) is 17.6. The Labute approximate surface area is 152 Å². The lowest BCUT2D eigenvalue weighted by atomic mass is 10.1. The molecule has 0 unspecified atom stereocenters. The molecule has 3 aromatic rings. The maximum absolute atomic E-state index is 11.8. The number of aromatic nitrogens is 2. The lowest BCUT2D eigenvalue weighted by Gasteiger charge is -2.08. The van der Waals surface area contributed by atoms with Crippen molar-refractivity contribution in [3.05, 3.63) is 77.6 Å². The summed E-state index contributed by atoms with van der Waals surface area (Å²) >= 11 is 0. The molecule has 6 heteroatoms. The van der Waals surface area contributed by atoms with Crippen LogP contribution in [0.4, 0.5) is 5.82 Å². The fourth-order valence-corrected chi connectivity index (χ4v) is 2.50. The number of ether oxygens (including phenoxy) is 1. The van der Waals surface area contributed by atoms with Gasteiger partial charge in [-0.25, -0.2) is 9.97 Å². The minimum Gasteiger partial charge on any atom is -0.382 e. The number of benzene rings is 2. The Morgan fingerprint density at radius 3 is 2.58 bits per heavy atom. The molecule has 0 radical (unpaired) electrons. The van der Waals surface area contributed by atoms with Gasteiger partial charge in [-0.2, -0.15) is 0 Å². The average Bonchev–Trinajstić information content (AvgIpc) is 2.69. The Morgan fingerprint density at radius 1 is 1.08 bits per heavy atom. The first-order chi connectivity index (χ1) is 12.7. The fraction of sp³-hybridized carbons (Fsp3) is 0.150. The van der Waals surface area contributed by atoms with E-state index in [1.54, 1.807) is 6.20 Å². The van der Waals surface area contributed by atoms with E-state index in [0.29, 0.717) is 18.9 Å². The van der Waals surface area contributed by atoms with Crippen LogP contribution >= 0.6 is 0 Å². The highest BCUT2D eigenvalue weighted by molar-refractivity contribution is 5.96. The van der Waals surface area contributed by atoms with Gasteiger partial charge >= 0.3 is 0 Å². The largest absolute Gasteiger partial charge is 0.382 e. The number of carbonyl (C=O) groups excluding carboxylic acids is 1. The van der Waals surface area contributed by atoms with E-state index < -0.39 is 0 Å². The maximum atomic E-state index is 11.8. The van der Waals surface area contributed by atoms with Crippen LogP contribution in [0, 0.1) is 0 Å². The Morgan fingerprint density at radius 2 is 1.81 bits per heavy atom. The van der Waals surface area contributed by atoms with Crippen molar-refractivity contribution in [1.82, 2.24) is 15.3 Å². The van der Waals surface area contributed by atoms with Gasteiger partial charge in [0.1, 0.15) is 0 Å². The number of hydrogen-bond donors (Lipinski definition) is 2. The Balaban J connectivity index is 1.74. The van der Waals surface area contributed by atoms with Crippen molar-refractivity contribution in [3.8, 4) is 11.3 Å². The molecular formula is C20H20N4O2. The summed E-state index contributed by atoms with van der Waals surface area (Å²) in [5.41, 5.74) is 9.44. The van der Waals surface area contributed by atoms with E-state index >= 15 is 0 Å². The third kappa shape index (κ3) is 4.23. The van der Waals surface area contributed by atoms with E-state index in [-0.39, 0.29) is 17.4 Å². The monoisotopic (exact) mass is 348 g/mol. The number of nitrogens with two attached hydrogens (primary N) is 1. The Hall–Kier alpha value is -3.25. The zero-order valence-corrected chi connectivity index (χ0v) is 14.5. The summed E-state index contributed by atoms with van der Waals surface area (Å²) in [4.78, 5) is 20.3. The third-order valence-electron chi connectivity index (χ3n) is 3.85. The van der Waals surface area contributed by atoms with Gasteiger partial charge in [0.05, 0.1) is 25.1 Å². The molecule has 1 amide bonds. The van der Waals surface area contributed by atoms with Gasteiger partial charge in [-0.1, -0.05) is 48.5 Å².